The fourth-order valence-electron chi connectivity index (χ4n) is 3.46. The van der Waals surface area contributed by atoms with Crippen LogP contribution >= 0.6 is 11.6 Å². The molecule has 29 heavy (non-hydrogen) atoms. The molecule has 7 heteroatoms. The van der Waals surface area contributed by atoms with E-state index >= 15 is 0 Å². The van der Waals surface area contributed by atoms with E-state index < -0.39 is 6.29 Å². The van der Waals surface area contributed by atoms with Crippen LogP contribution in [0.4, 0.5) is 5.69 Å². The lowest BCUT2D eigenvalue weighted by Crippen LogP contribution is -2.37. The average molecular weight is 417 g/mol. The molecule has 0 radical (unpaired) electrons. The minimum Gasteiger partial charge on any atom is -0.459 e. The lowest BCUT2D eigenvalue weighted by molar-refractivity contribution is -0.165. The van der Waals surface area contributed by atoms with Gasteiger partial charge in [0.2, 0.25) is 6.29 Å². The van der Waals surface area contributed by atoms with E-state index in [1.165, 1.54) is 0 Å². The molecule has 0 aliphatic carbocycles. The average Bonchev–Trinajstić information content (AvgIpc) is 2.74. The molecule has 154 valence electrons. The lowest BCUT2D eigenvalue weighted by Gasteiger charge is -2.37. The summed E-state index contributed by atoms with van der Waals surface area (Å²) < 4.78 is 11.8. The van der Waals surface area contributed by atoms with Crippen LogP contribution in [0, 0.1) is 5.92 Å². The number of amides is 1. The summed E-state index contributed by atoms with van der Waals surface area (Å²) in [7, 11) is 0. The molecular formula is C22H25ClN2O4. The van der Waals surface area contributed by atoms with Crippen molar-refractivity contribution in [1.82, 2.24) is 4.98 Å². The highest BCUT2D eigenvalue weighted by atomic mass is 35.5. The van der Waals surface area contributed by atoms with Crippen molar-refractivity contribution in [1.29, 1.82) is 0 Å². The number of aliphatic hydroxyl groups excluding tert-OH is 1. The molecule has 0 saturated heterocycles. The summed E-state index contributed by atoms with van der Waals surface area (Å²) in [5.74, 6) is -0.313. The van der Waals surface area contributed by atoms with Gasteiger partial charge in [-0.3, -0.25) is 9.78 Å². The zero-order valence-electron chi connectivity index (χ0n) is 16.3. The molecule has 2 heterocycles. The molecule has 0 fully saturated rings. The Bertz CT molecular complexity index is 826. The Kier molecular flexibility index (Phi) is 7.63. The number of hydrogen-bond donors (Lipinski definition) is 2. The van der Waals surface area contributed by atoms with E-state index in [0.29, 0.717) is 30.2 Å². The summed E-state index contributed by atoms with van der Waals surface area (Å²) in [5, 5.41) is 12.8. The molecule has 0 bridgehead atoms. The fraction of sp³-hybridized carbons (Fsp3) is 0.364. The minimum atomic E-state index is -0.591. The van der Waals surface area contributed by atoms with Crippen LogP contribution in [0.15, 0.2) is 60.6 Å². The number of aliphatic hydroxyl groups is 1. The largest absolute Gasteiger partial charge is 0.459 e. The van der Waals surface area contributed by atoms with Gasteiger partial charge in [-0.15, -0.1) is 0 Å². The molecule has 2 aromatic rings. The van der Waals surface area contributed by atoms with Gasteiger partial charge in [0.15, 0.2) is 5.76 Å². The standard InChI is InChI=1S/C22H25ClN2O4/c1-2-28-22-18(6-4-12-26)19(15-7-9-16(23)10-8-15)13-20(29-22)21(27)25-17-5-3-11-24-14-17/h3,5,7-11,13-14,18-19,22,26H,2,4,6,12H2,1H3,(H,25,27)/t18-,19+,22+/m0/s1. The summed E-state index contributed by atoms with van der Waals surface area (Å²) in [6.45, 7) is 2.42. The molecule has 0 saturated carbocycles. The third-order valence-electron chi connectivity index (χ3n) is 4.81. The van der Waals surface area contributed by atoms with Gasteiger partial charge in [-0.2, -0.15) is 0 Å². The Morgan fingerprint density at radius 1 is 1.31 bits per heavy atom. The maximum absolute atomic E-state index is 12.8. The highest BCUT2D eigenvalue weighted by Crippen LogP contribution is 2.39. The smallest absolute Gasteiger partial charge is 0.290 e. The molecule has 1 amide bonds. The van der Waals surface area contributed by atoms with E-state index in [2.05, 4.69) is 10.3 Å². The Morgan fingerprint density at radius 3 is 2.76 bits per heavy atom. The van der Waals surface area contributed by atoms with Crippen LogP contribution < -0.4 is 5.32 Å². The number of hydrogen-bond acceptors (Lipinski definition) is 5. The third-order valence-corrected chi connectivity index (χ3v) is 5.06. The molecule has 1 aliphatic heterocycles. The van der Waals surface area contributed by atoms with Gasteiger partial charge in [-0.1, -0.05) is 23.7 Å². The first kappa shape index (κ1) is 21.3. The summed E-state index contributed by atoms with van der Waals surface area (Å²) in [6, 6.07) is 11.1. The van der Waals surface area contributed by atoms with Crippen molar-refractivity contribution in [3.8, 4) is 0 Å². The number of aromatic nitrogens is 1. The number of rotatable bonds is 8. The van der Waals surface area contributed by atoms with Gasteiger partial charge in [0.1, 0.15) is 0 Å². The number of halogens is 1. The second-order valence-electron chi connectivity index (χ2n) is 6.78. The first-order valence-electron chi connectivity index (χ1n) is 9.70. The van der Waals surface area contributed by atoms with Crippen LogP contribution in [-0.2, 0) is 14.3 Å². The third kappa shape index (κ3) is 5.56. The number of carbonyl (C=O) groups excluding carboxylic acids is 1. The maximum atomic E-state index is 12.8. The summed E-state index contributed by atoms with van der Waals surface area (Å²) in [5.41, 5.74) is 1.59. The normalized spacial score (nSPS) is 21.2. The lowest BCUT2D eigenvalue weighted by atomic mass is 9.80. The molecule has 0 spiro atoms. The summed E-state index contributed by atoms with van der Waals surface area (Å²) in [4.78, 5) is 16.8. The topological polar surface area (TPSA) is 80.7 Å². The zero-order chi connectivity index (χ0) is 20.6. The highest BCUT2D eigenvalue weighted by Gasteiger charge is 2.37. The van der Waals surface area contributed by atoms with E-state index in [1.807, 2.05) is 37.3 Å². The van der Waals surface area contributed by atoms with Crippen LogP contribution in [-0.4, -0.2) is 35.5 Å². The van der Waals surface area contributed by atoms with E-state index in [0.717, 1.165) is 5.56 Å². The van der Waals surface area contributed by atoms with Crippen molar-refractivity contribution >= 4 is 23.2 Å². The molecule has 3 rings (SSSR count). The van der Waals surface area contributed by atoms with E-state index in [4.69, 9.17) is 21.1 Å². The Hall–Kier alpha value is -2.41. The van der Waals surface area contributed by atoms with Gasteiger partial charge in [-0.25, -0.2) is 0 Å². The van der Waals surface area contributed by atoms with Crippen LogP contribution in [0.1, 0.15) is 31.2 Å². The predicted molar refractivity (Wildman–Crippen MR) is 111 cm³/mol. The summed E-state index contributed by atoms with van der Waals surface area (Å²) >= 11 is 6.05. The number of anilines is 1. The second kappa shape index (κ2) is 10.4. The van der Waals surface area contributed by atoms with Gasteiger partial charge in [-0.05, 0) is 55.7 Å². The van der Waals surface area contributed by atoms with Crippen molar-refractivity contribution in [3.05, 3.63) is 71.2 Å². The van der Waals surface area contributed by atoms with Crippen molar-refractivity contribution in [2.75, 3.05) is 18.5 Å². The number of carbonyl (C=O) groups is 1. The molecule has 6 nitrogen and oxygen atoms in total. The predicted octanol–water partition coefficient (Wildman–Crippen LogP) is 4.12. The molecule has 1 aromatic heterocycles. The number of benzene rings is 1. The van der Waals surface area contributed by atoms with Crippen LogP contribution in [0.2, 0.25) is 5.02 Å². The number of pyridine rings is 1. The number of nitrogens with zero attached hydrogens (tertiary/aromatic N) is 1. The van der Waals surface area contributed by atoms with E-state index in [9.17, 15) is 9.90 Å². The first-order chi connectivity index (χ1) is 14.1. The van der Waals surface area contributed by atoms with Gasteiger partial charge in [0.05, 0.1) is 11.9 Å². The Balaban J connectivity index is 1.92. The number of nitrogens with one attached hydrogen (secondary N) is 1. The van der Waals surface area contributed by atoms with Gasteiger partial charge in [0, 0.05) is 36.3 Å². The SMILES string of the molecule is CCO[C@@H]1OC(C(=O)Nc2cccnc2)=C[C@H](c2ccc(Cl)cc2)[C@@H]1CCCO. The fourth-order valence-corrected chi connectivity index (χ4v) is 3.59. The molecule has 3 atom stereocenters. The zero-order valence-corrected chi connectivity index (χ0v) is 17.0. The van der Waals surface area contributed by atoms with Crippen molar-refractivity contribution in [2.45, 2.75) is 32.0 Å². The Labute approximate surface area is 175 Å². The van der Waals surface area contributed by atoms with Gasteiger partial charge in [0.25, 0.3) is 5.91 Å². The summed E-state index contributed by atoms with van der Waals surface area (Å²) in [6.07, 6.45) is 5.76. The monoisotopic (exact) mass is 416 g/mol. The van der Waals surface area contributed by atoms with Crippen LogP contribution in [0.25, 0.3) is 0 Å². The van der Waals surface area contributed by atoms with Crippen LogP contribution in [0.3, 0.4) is 0 Å². The second-order valence-corrected chi connectivity index (χ2v) is 7.21. The van der Waals surface area contributed by atoms with E-state index in [1.54, 1.807) is 24.5 Å². The molecule has 1 aromatic carbocycles. The Morgan fingerprint density at radius 2 is 2.10 bits per heavy atom. The van der Waals surface area contributed by atoms with Crippen molar-refractivity contribution < 1.29 is 19.4 Å². The highest BCUT2D eigenvalue weighted by molar-refractivity contribution is 6.30. The molecule has 2 N–H and O–H groups in total. The maximum Gasteiger partial charge on any atom is 0.290 e. The van der Waals surface area contributed by atoms with E-state index in [-0.39, 0.29) is 30.1 Å². The quantitative estimate of drug-likeness (QED) is 0.676. The first-order valence-corrected chi connectivity index (χ1v) is 10.1. The van der Waals surface area contributed by atoms with Crippen LogP contribution in [0.5, 0.6) is 0 Å². The molecule has 1 aliphatic rings. The number of ether oxygens (including phenoxy) is 2. The minimum absolute atomic E-state index is 0.0433. The van der Waals surface area contributed by atoms with Crippen molar-refractivity contribution in [2.24, 2.45) is 5.92 Å². The van der Waals surface area contributed by atoms with Gasteiger partial charge >= 0.3 is 0 Å². The molecular weight excluding hydrogens is 392 g/mol. The number of allylic oxidation sites excluding steroid dienone is 1. The van der Waals surface area contributed by atoms with Gasteiger partial charge < -0.3 is 19.9 Å². The molecule has 0 unspecified atom stereocenters. The van der Waals surface area contributed by atoms with Crippen molar-refractivity contribution in [3.63, 3.8) is 0 Å².